The van der Waals surface area contributed by atoms with Gasteiger partial charge in [-0.2, -0.15) is 0 Å². The lowest BCUT2D eigenvalue weighted by molar-refractivity contribution is 0.262. The molecule has 12 heavy (non-hydrogen) atoms. The second-order valence-electron chi connectivity index (χ2n) is 4.29. The zero-order chi connectivity index (χ0) is 8.39. The van der Waals surface area contributed by atoms with Crippen molar-refractivity contribution in [2.75, 3.05) is 19.6 Å². The van der Waals surface area contributed by atoms with Crippen molar-refractivity contribution in [3.05, 3.63) is 0 Å². The lowest BCUT2D eigenvalue weighted by atomic mass is 10.2. The molecule has 2 N–H and O–H groups in total. The van der Waals surface area contributed by atoms with Crippen LogP contribution in [0, 0.1) is 5.92 Å². The molecule has 0 bridgehead atoms. The number of nitrogens with two attached hydrogens (primary N) is 1. The van der Waals surface area contributed by atoms with E-state index in [0.29, 0.717) is 0 Å². The van der Waals surface area contributed by atoms with Gasteiger partial charge in [0.2, 0.25) is 0 Å². The summed E-state index contributed by atoms with van der Waals surface area (Å²) in [6, 6.07) is 0.910. The van der Waals surface area contributed by atoms with Crippen LogP contribution < -0.4 is 5.73 Å². The maximum atomic E-state index is 5.58. The van der Waals surface area contributed by atoms with E-state index < -0.39 is 0 Å². The van der Waals surface area contributed by atoms with E-state index in [-0.39, 0.29) is 0 Å². The fourth-order valence-electron chi connectivity index (χ4n) is 1.84. The quantitative estimate of drug-likeness (QED) is 0.646. The SMILES string of the molecule is NCCN(CCC1CC1)C1CC1. The van der Waals surface area contributed by atoms with E-state index in [1.54, 1.807) is 0 Å². The fourth-order valence-corrected chi connectivity index (χ4v) is 1.84. The molecule has 2 rings (SSSR count). The lowest BCUT2D eigenvalue weighted by Gasteiger charge is -2.20. The molecule has 0 atom stereocenters. The molecule has 0 heterocycles. The predicted molar refractivity (Wildman–Crippen MR) is 51.0 cm³/mol. The Hall–Kier alpha value is -0.0800. The topological polar surface area (TPSA) is 29.3 Å². The Balaban J connectivity index is 1.64. The predicted octanol–water partition coefficient (Wildman–Crippen LogP) is 1.21. The first kappa shape index (κ1) is 8.52. The van der Waals surface area contributed by atoms with Crippen molar-refractivity contribution in [2.45, 2.75) is 38.1 Å². The molecule has 2 aliphatic carbocycles. The van der Waals surface area contributed by atoms with Crippen LogP contribution in [0.4, 0.5) is 0 Å². The summed E-state index contributed by atoms with van der Waals surface area (Å²) >= 11 is 0. The van der Waals surface area contributed by atoms with Gasteiger partial charge < -0.3 is 5.73 Å². The average molecular weight is 168 g/mol. The second kappa shape index (κ2) is 3.75. The molecule has 2 aliphatic rings. The minimum Gasteiger partial charge on any atom is -0.329 e. The largest absolute Gasteiger partial charge is 0.329 e. The second-order valence-corrected chi connectivity index (χ2v) is 4.29. The third kappa shape index (κ3) is 2.46. The van der Waals surface area contributed by atoms with E-state index >= 15 is 0 Å². The van der Waals surface area contributed by atoms with Crippen LogP contribution in [0.3, 0.4) is 0 Å². The van der Waals surface area contributed by atoms with Gasteiger partial charge in [-0.1, -0.05) is 12.8 Å². The molecule has 70 valence electrons. The monoisotopic (exact) mass is 168 g/mol. The summed E-state index contributed by atoms with van der Waals surface area (Å²) in [5.74, 6) is 1.07. The van der Waals surface area contributed by atoms with Gasteiger partial charge >= 0.3 is 0 Å². The van der Waals surface area contributed by atoms with Crippen LogP contribution in [-0.2, 0) is 0 Å². The summed E-state index contributed by atoms with van der Waals surface area (Å²) in [4.78, 5) is 2.60. The Kier molecular flexibility index (Phi) is 2.66. The molecule has 2 heteroatoms. The maximum Gasteiger partial charge on any atom is 0.0108 e. The minimum atomic E-state index is 0.834. The minimum absolute atomic E-state index is 0.834. The van der Waals surface area contributed by atoms with Crippen LogP contribution in [0.5, 0.6) is 0 Å². The summed E-state index contributed by atoms with van der Waals surface area (Å²) in [6.45, 7) is 3.27. The molecule has 0 radical (unpaired) electrons. The maximum absolute atomic E-state index is 5.58. The van der Waals surface area contributed by atoms with Crippen molar-refractivity contribution in [1.29, 1.82) is 0 Å². The Morgan fingerprint density at radius 1 is 1.08 bits per heavy atom. The molecular weight excluding hydrogens is 148 g/mol. The molecule has 0 aromatic carbocycles. The highest BCUT2D eigenvalue weighted by Crippen LogP contribution is 2.34. The Bertz CT molecular complexity index is 139. The van der Waals surface area contributed by atoms with Gasteiger partial charge in [-0.3, -0.25) is 4.90 Å². The van der Waals surface area contributed by atoms with E-state index in [1.165, 1.54) is 38.6 Å². The smallest absolute Gasteiger partial charge is 0.0108 e. The first-order chi connectivity index (χ1) is 5.90. The number of hydrogen-bond donors (Lipinski definition) is 1. The van der Waals surface area contributed by atoms with Crippen LogP contribution in [0.1, 0.15) is 32.1 Å². The van der Waals surface area contributed by atoms with Crippen molar-refractivity contribution < 1.29 is 0 Å². The zero-order valence-corrected chi connectivity index (χ0v) is 7.84. The highest BCUT2D eigenvalue weighted by atomic mass is 15.2. The van der Waals surface area contributed by atoms with E-state index in [9.17, 15) is 0 Å². The molecule has 0 spiro atoms. The van der Waals surface area contributed by atoms with Gasteiger partial charge in [0.25, 0.3) is 0 Å². The van der Waals surface area contributed by atoms with Gasteiger partial charge in [0.1, 0.15) is 0 Å². The van der Waals surface area contributed by atoms with Crippen LogP contribution in [0.25, 0.3) is 0 Å². The Labute approximate surface area is 75.1 Å². The number of nitrogens with zero attached hydrogens (tertiary/aromatic N) is 1. The average Bonchev–Trinajstić information content (AvgIpc) is 2.86. The molecule has 2 fully saturated rings. The van der Waals surface area contributed by atoms with Crippen LogP contribution in [-0.4, -0.2) is 30.6 Å². The number of rotatable bonds is 6. The molecule has 0 aromatic heterocycles. The Morgan fingerprint density at radius 2 is 1.83 bits per heavy atom. The highest BCUT2D eigenvalue weighted by molar-refractivity contribution is 4.86. The number of hydrogen-bond acceptors (Lipinski definition) is 2. The van der Waals surface area contributed by atoms with E-state index in [4.69, 9.17) is 5.73 Å². The summed E-state index contributed by atoms with van der Waals surface area (Å²) in [6.07, 6.45) is 7.24. The molecule has 0 unspecified atom stereocenters. The van der Waals surface area contributed by atoms with Gasteiger partial charge in [0, 0.05) is 19.1 Å². The Morgan fingerprint density at radius 3 is 2.33 bits per heavy atom. The standard InChI is InChI=1S/C10H20N2/c11-6-8-12(10-3-4-10)7-5-9-1-2-9/h9-10H,1-8,11H2. The van der Waals surface area contributed by atoms with Gasteiger partial charge in [0.15, 0.2) is 0 Å². The third-order valence-electron chi connectivity index (χ3n) is 3.00. The zero-order valence-electron chi connectivity index (χ0n) is 7.84. The van der Waals surface area contributed by atoms with Gasteiger partial charge in [-0.25, -0.2) is 0 Å². The molecule has 0 aliphatic heterocycles. The third-order valence-corrected chi connectivity index (χ3v) is 3.00. The van der Waals surface area contributed by atoms with Crippen LogP contribution >= 0.6 is 0 Å². The summed E-state index contributed by atoms with van der Waals surface area (Å²) in [5, 5.41) is 0. The normalized spacial score (nSPS) is 23.5. The summed E-state index contributed by atoms with van der Waals surface area (Å²) < 4.78 is 0. The van der Waals surface area contributed by atoms with Crippen LogP contribution in [0.15, 0.2) is 0 Å². The van der Waals surface area contributed by atoms with Crippen molar-refractivity contribution in [3.63, 3.8) is 0 Å². The molecule has 2 saturated carbocycles. The van der Waals surface area contributed by atoms with Gasteiger partial charge in [-0.15, -0.1) is 0 Å². The highest BCUT2D eigenvalue weighted by Gasteiger charge is 2.29. The molecule has 0 amide bonds. The summed E-state index contributed by atoms with van der Waals surface area (Å²) in [7, 11) is 0. The van der Waals surface area contributed by atoms with Crippen molar-refractivity contribution >= 4 is 0 Å². The van der Waals surface area contributed by atoms with Crippen molar-refractivity contribution in [1.82, 2.24) is 4.90 Å². The van der Waals surface area contributed by atoms with Crippen molar-refractivity contribution in [2.24, 2.45) is 11.7 Å². The fraction of sp³-hybridized carbons (Fsp3) is 1.00. The van der Waals surface area contributed by atoms with E-state index in [0.717, 1.165) is 25.0 Å². The van der Waals surface area contributed by atoms with Crippen molar-refractivity contribution in [3.8, 4) is 0 Å². The lowest BCUT2D eigenvalue weighted by Crippen LogP contribution is -2.32. The van der Waals surface area contributed by atoms with Gasteiger partial charge in [0.05, 0.1) is 0 Å². The van der Waals surface area contributed by atoms with E-state index in [1.807, 2.05) is 0 Å². The first-order valence-corrected chi connectivity index (χ1v) is 5.34. The molecule has 2 nitrogen and oxygen atoms in total. The molecule has 0 saturated heterocycles. The molecular formula is C10H20N2. The molecule has 0 aromatic rings. The van der Waals surface area contributed by atoms with Crippen LogP contribution in [0.2, 0.25) is 0 Å². The van der Waals surface area contributed by atoms with E-state index in [2.05, 4.69) is 4.90 Å². The first-order valence-electron chi connectivity index (χ1n) is 5.34. The summed E-state index contributed by atoms with van der Waals surface area (Å²) in [5.41, 5.74) is 5.58. The van der Waals surface area contributed by atoms with Gasteiger partial charge in [-0.05, 0) is 31.7 Å².